The molecule has 108 valence electrons. The van der Waals surface area contributed by atoms with Gasteiger partial charge in [-0.3, -0.25) is 4.68 Å². The number of anilines is 1. The summed E-state index contributed by atoms with van der Waals surface area (Å²) in [5.74, 6) is -0.629. The minimum atomic E-state index is -0.597. The summed E-state index contributed by atoms with van der Waals surface area (Å²) in [6.07, 6.45) is 3.06. The van der Waals surface area contributed by atoms with Gasteiger partial charge in [0.1, 0.15) is 23.8 Å². The standard InChI is InChI=1S/C14H13F2N5/c1-8(10-4-3-9(15)5-12(10)16)20-13-11-6-19-21(2)14(11)18-7-17-13/h3-8H,1-2H3,(H,17,18,20)/t8-/m0/s1. The van der Waals surface area contributed by atoms with Crippen LogP contribution in [0.3, 0.4) is 0 Å². The number of aryl methyl sites for hydroxylation is 1. The highest BCUT2D eigenvalue weighted by Gasteiger charge is 2.15. The third kappa shape index (κ3) is 2.42. The summed E-state index contributed by atoms with van der Waals surface area (Å²) in [5.41, 5.74) is 1.05. The molecule has 0 fully saturated rings. The zero-order valence-corrected chi connectivity index (χ0v) is 11.5. The number of fused-ring (bicyclic) bond motifs is 1. The molecule has 0 spiro atoms. The first-order valence-corrected chi connectivity index (χ1v) is 6.40. The summed E-state index contributed by atoms with van der Waals surface area (Å²) in [6, 6.07) is 3.15. The molecule has 3 rings (SSSR count). The number of rotatable bonds is 3. The fraction of sp³-hybridized carbons (Fsp3) is 0.214. The monoisotopic (exact) mass is 289 g/mol. The van der Waals surface area contributed by atoms with Crippen molar-refractivity contribution >= 4 is 16.9 Å². The molecule has 0 radical (unpaired) electrons. The predicted octanol–water partition coefficient (Wildman–Crippen LogP) is 2.81. The molecule has 0 saturated heterocycles. The fourth-order valence-corrected chi connectivity index (χ4v) is 2.21. The van der Waals surface area contributed by atoms with E-state index < -0.39 is 11.6 Å². The van der Waals surface area contributed by atoms with E-state index in [1.165, 1.54) is 18.5 Å². The van der Waals surface area contributed by atoms with Crippen LogP contribution in [0.1, 0.15) is 18.5 Å². The van der Waals surface area contributed by atoms with Gasteiger partial charge < -0.3 is 5.32 Å². The summed E-state index contributed by atoms with van der Waals surface area (Å²) in [7, 11) is 1.78. The molecule has 0 unspecified atom stereocenters. The Morgan fingerprint density at radius 1 is 1.24 bits per heavy atom. The van der Waals surface area contributed by atoms with Gasteiger partial charge in [0, 0.05) is 18.7 Å². The number of halogens is 2. The molecule has 1 N–H and O–H groups in total. The average Bonchev–Trinajstić information content (AvgIpc) is 2.81. The molecule has 0 aliphatic carbocycles. The van der Waals surface area contributed by atoms with Gasteiger partial charge in [0.2, 0.25) is 0 Å². The van der Waals surface area contributed by atoms with Gasteiger partial charge in [-0.2, -0.15) is 5.10 Å². The number of hydrogen-bond acceptors (Lipinski definition) is 4. The van der Waals surface area contributed by atoms with Crippen molar-refractivity contribution in [3.8, 4) is 0 Å². The molecule has 0 bridgehead atoms. The lowest BCUT2D eigenvalue weighted by molar-refractivity contribution is 0.566. The van der Waals surface area contributed by atoms with Crippen molar-refractivity contribution in [2.45, 2.75) is 13.0 Å². The van der Waals surface area contributed by atoms with E-state index in [2.05, 4.69) is 20.4 Å². The SMILES string of the molecule is C[C@H](Nc1ncnc2c1cnn2C)c1ccc(F)cc1F. The van der Waals surface area contributed by atoms with E-state index in [1.54, 1.807) is 24.9 Å². The van der Waals surface area contributed by atoms with Crippen LogP contribution in [0.4, 0.5) is 14.6 Å². The lowest BCUT2D eigenvalue weighted by Crippen LogP contribution is -2.10. The first-order chi connectivity index (χ1) is 10.1. The minimum Gasteiger partial charge on any atom is -0.363 e. The molecule has 2 heterocycles. The largest absolute Gasteiger partial charge is 0.363 e. The van der Waals surface area contributed by atoms with Crippen LogP contribution in [0.15, 0.2) is 30.7 Å². The molecule has 1 atom stereocenters. The maximum atomic E-state index is 13.8. The average molecular weight is 289 g/mol. The van der Waals surface area contributed by atoms with Crippen LogP contribution >= 0.6 is 0 Å². The Balaban J connectivity index is 1.94. The summed E-state index contributed by atoms with van der Waals surface area (Å²) in [4.78, 5) is 8.30. The van der Waals surface area contributed by atoms with Crippen LogP contribution in [0.2, 0.25) is 0 Å². The Hall–Kier alpha value is -2.57. The van der Waals surface area contributed by atoms with Crippen LogP contribution in [-0.4, -0.2) is 19.7 Å². The molecular weight excluding hydrogens is 276 g/mol. The van der Waals surface area contributed by atoms with E-state index in [4.69, 9.17) is 0 Å². The second-order valence-corrected chi connectivity index (χ2v) is 4.76. The number of hydrogen-bond donors (Lipinski definition) is 1. The quantitative estimate of drug-likeness (QED) is 0.805. The second kappa shape index (κ2) is 5.08. The smallest absolute Gasteiger partial charge is 0.163 e. The van der Waals surface area contributed by atoms with E-state index in [9.17, 15) is 8.78 Å². The Labute approximate surface area is 119 Å². The van der Waals surface area contributed by atoms with E-state index in [1.807, 2.05) is 0 Å². The molecule has 5 nitrogen and oxygen atoms in total. The molecule has 0 saturated carbocycles. The molecule has 7 heteroatoms. The molecule has 2 aromatic heterocycles. The third-order valence-electron chi connectivity index (χ3n) is 3.31. The Bertz CT molecular complexity index is 799. The Kier molecular flexibility index (Phi) is 3.25. The van der Waals surface area contributed by atoms with Gasteiger partial charge in [0.15, 0.2) is 5.65 Å². The molecule has 1 aromatic carbocycles. The van der Waals surface area contributed by atoms with Crippen molar-refractivity contribution in [3.63, 3.8) is 0 Å². The third-order valence-corrected chi connectivity index (χ3v) is 3.31. The van der Waals surface area contributed by atoms with Crippen LogP contribution in [0.5, 0.6) is 0 Å². The van der Waals surface area contributed by atoms with E-state index >= 15 is 0 Å². The maximum absolute atomic E-state index is 13.8. The Morgan fingerprint density at radius 2 is 2.05 bits per heavy atom. The lowest BCUT2D eigenvalue weighted by Gasteiger charge is -2.16. The highest BCUT2D eigenvalue weighted by atomic mass is 19.1. The first kappa shape index (κ1) is 13.4. The molecule has 0 aliphatic heterocycles. The van der Waals surface area contributed by atoms with Crippen molar-refractivity contribution in [2.75, 3.05) is 5.32 Å². The highest BCUT2D eigenvalue weighted by molar-refractivity contribution is 5.86. The van der Waals surface area contributed by atoms with Crippen LogP contribution in [0, 0.1) is 11.6 Å². The molecule has 3 aromatic rings. The molecule has 21 heavy (non-hydrogen) atoms. The summed E-state index contributed by atoms with van der Waals surface area (Å²) in [6.45, 7) is 1.78. The van der Waals surface area contributed by atoms with E-state index in [-0.39, 0.29) is 6.04 Å². The van der Waals surface area contributed by atoms with Crippen LogP contribution in [0.25, 0.3) is 11.0 Å². The second-order valence-electron chi connectivity index (χ2n) is 4.76. The topological polar surface area (TPSA) is 55.6 Å². The van der Waals surface area contributed by atoms with Crippen molar-refractivity contribution in [1.29, 1.82) is 0 Å². The predicted molar refractivity (Wildman–Crippen MR) is 74.7 cm³/mol. The zero-order chi connectivity index (χ0) is 15.0. The number of aromatic nitrogens is 4. The van der Waals surface area contributed by atoms with Crippen molar-refractivity contribution in [1.82, 2.24) is 19.7 Å². The minimum absolute atomic E-state index is 0.368. The zero-order valence-electron chi connectivity index (χ0n) is 11.5. The number of nitrogens with one attached hydrogen (secondary N) is 1. The van der Waals surface area contributed by atoms with Gasteiger partial charge in [0.05, 0.1) is 17.6 Å². The van der Waals surface area contributed by atoms with Gasteiger partial charge in [-0.15, -0.1) is 0 Å². The van der Waals surface area contributed by atoms with E-state index in [0.29, 0.717) is 17.0 Å². The summed E-state index contributed by atoms with van der Waals surface area (Å²) >= 11 is 0. The first-order valence-electron chi connectivity index (χ1n) is 6.40. The van der Waals surface area contributed by atoms with Crippen molar-refractivity contribution in [3.05, 3.63) is 47.9 Å². The van der Waals surface area contributed by atoms with Gasteiger partial charge in [-0.1, -0.05) is 6.07 Å². The summed E-state index contributed by atoms with van der Waals surface area (Å²) < 4.78 is 28.4. The van der Waals surface area contributed by atoms with E-state index in [0.717, 1.165) is 11.5 Å². The fourth-order valence-electron chi connectivity index (χ4n) is 2.21. The molecule has 0 aliphatic rings. The van der Waals surface area contributed by atoms with Gasteiger partial charge in [0.25, 0.3) is 0 Å². The van der Waals surface area contributed by atoms with Gasteiger partial charge in [-0.25, -0.2) is 18.7 Å². The van der Waals surface area contributed by atoms with Crippen molar-refractivity contribution in [2.24, 2.45) is 7.05 Å². The normalized spacial score (nSPS) is 12.6. The molecule has 0 amide bonds. The van der Waals surface area contributed by atoms with Crippen molar-refractivity contribution < 1.29 is 8.78 Å². The lowest BCUT2D eigenvalue weighted by atomic mass is 10.1. The highest BCUT2D eigenvalue weighted by Crippen LogP contribution is 2.25. The number of nitrogens with zero attached hydrogens (tertiary/aromatic N) is 4. The Morgan fingerprint density at radius 3 is 2.81 bits per heavy atom. The summed E-state index contributed by atoms with van der Waals surface area (Å²) in [5, 5.41) is 7.97. The molecular formula is C14H13F2N5. The maximum Gasteiger partial charge on any atom is 0.163 e. The van der Waals surface area contributed by atoms with Crippen LogP contribution in [-0.2, 0) is 7.05 Å². The van der Waals surface area contributed by atoms with Crippen LogP contribution < -0.4 is 5.32 Å². The number of benzene rings is 1. The van der Waals surface area contributed by atoms with Gasteiger partial charge >= 0.3 is 0 Å². The van der Waals surface area contributed by atoms with Gasteiger partial charge in [-0.05, 0) is 13.0 Å².